The van der Waals surface area contributed by atoms with Gasteiger partial charge in [0.15, 0.2) is 5.82 Å². The molecule has 7 nitrogen and oxygen atoms in total. The number of hydrogen-bond donors (Lipinski definition) is 3. The fourth-order valence-corrected chi connectivity index (χ4v) is 4.55. The zero-order chi connectivity index (χ0) is 23.0. The van der Waals surface area contributed by atoms with E-state index < -0.39 is 11.9 Å². The quantitative estimate of drug-likeness (QED) is 0.540. The van der Waals surface area contributed by atoms with Crippen molar-refractivity contribution in [2.45, 2.75) is 33.2 Å². The number of aromatic hydroxyl groups is 1. The van der Waals surface area contributed by atoms with Gasteiger partial charge < -0.3 is 20.4 Å². The maximum absolute atomic E-state index is 14.6. The first kappa shape index (κ1) is 21.8. The molecule has 0 radical (unpaired) electrons. The molecular weight excluding hydrogens is 411 g/mol. The number of benzene rings is 2. The number of nitrogens with one attached hydrogen (secondary N) is 1. The van der Waals surface area contributed by atoms with Gasteiger partial charge in [0.2, 0.25) is 0 Å². The molecule has 2 aromatic carbocycles. The predicted molar refractivity (Wildman–Crippen MR) is 121 cm³/mol. The zero-order valence-electron chi connectivity index (χ0n) is 18.3. The van der Waals surface area contributed by atoms with E-state index >= 15 is 0 Å². The summed E-state index contributed by atoms with van der Waals surface area (Å²) in [4.78, 5) is 22.6. The molecule has 1 aliphatic heterocycles. The highest BCUT2D eigenvalue weighted by atomic mass is 19.1. The Morgan fingerprint density at radius 1 is 1.25 bits per heavy atom. The fourth-order valence-electron chi connectivity index (χ4n) is 4.55. The number of carbonyl (C=O) groups is 1. The molecule has 1 aliphatic rings. The zero-order valence-corrected chi connectivity index (χ0v) is 18.3. The summed E-state index contributed by atoms with van der Waals surface area (Å²) in [7, 11) is 0. The summed E-state index contributed by atoms with van der Waals surface area (Å²) in [5, 5.41) is 23.0. The Bertz CT molecular complexity index is 1150. The van der Waals surface area contributed by atoms with Gasteiger partial charge in [0, 0.05) is 24.5 Å². The Morgan fingerprint density at radius 2 is 2.03 bits per heavy atom. The molecule has 168 valence electrons. The van der Waals surface area contributed by atoms with Gasteiger partial charge in [-0.25, -0.2) is 19.2 Å². The van der Waals surface area contributed by atoms with Crippen LogP contribution in [0.3, 0.4) is 0 Å². The second-order valence-corrected chi connectivity index (χ2v) is 8.74. The second-order valence-electron chi connectivity index (χ2n) is 8.74. The smallest absolute Gasteiger partial charge is 0.404 e. The van der Waals surface area contributed by atoms with Gasteiger partial charge in [-0.2, -0.15) is 0 Å². The van der Waals surface area contributed by atoms with Crippen LogP contribution in [0.5, 0.6) is 5.75 Å². The number of nitrogens with zero attached hydrogens (tertiary/aromatic N) is 3. The standard InChI is InChI=1S/C24H27FN4O3/c1-13(2)21(27-24(31)32)15-9-10-29(12-15)23-16-8-7-14(3)11-18(16)26-22(28-23)20-17(25)5-4-6-19(20)30/h4-8,11,13,15,21,27,30H,9-10,12H2,1-3H3,(H,31,32)/t15-,21?/m0/s1. The minimum Gasteiger partial charge on any atom is -0.507 e. The van der Waals surface area contributed by atoms with E-state index in [0.29, 0.717) is 24.4 Å². The highest BCUT2D eigenvalue weighted by molar-refractivity contribution is 5.92. The van der Waals surface area contributed by atoms with E-state index in [-0.39, 0.29) is 35.0 Å². The molecule has 1 saturated heterocycles. The van der Waals surface area contributed by atoms with E-state index in [4.69, 9.17) is 0 Å². The molecule has 3 N–H and O–H groups in total. The Hall–Kier alpha value is -3.42. The lowest BCUT2D eigenvalue weighted by Crippen LogP contribution is -2.44. The summed E-state index contributed by atoms with van der Waals surface area (Å²) in [6, 6.07) is 9.79. The molecule has 8 heteroatoms. The average molecular weight is 439 g/mol. The Kier molecular flexibility index (Phi) is 5.86. The van der Waals surface area contributed by atoms with Crippen molar-refractivity contribution in [2.75, 3.05) is 18.0 Å². The minimum absolute atomic E-state index is 0.0273. The summed E-state index contributed by atoms with van der Waals surface area (Å²) >= 11 is 0. The molecule has 3 aromatic rings. The number of aryl methyl sites for hydroxylation is 1. The molecule has 1 aromatic heterocycles. The van der Waals surface area contributed by atoms with Gasteiger partial charge in [0.05, 0.1) is 11.1 Å². The molecule has 32 heavy (non-hydrogen) atoms. The van der Waals surface area contributed by atoms with Crippen molar-refractivity contribution < 1.29 is 19.4 Å². The first-order valence-electron chi connectivity index (χ1n) is 10.7. The largest absolute Gasteiger partial charge is 0.507 e. The second kappa shape index (κ2) is 8.61. The normalized spacial score (nSPS) is 17.2. The third kappa shape index (κ3) is 4.17. The lowest BCUT2D eigenvalue weighted by Gasteiger charge is -2.27. The maximum Gasteiger partial charge on any atom is 0.404 e. The summed E-state index contributed by atoms with van der Waals surface area (Å²) in [6.45, 7) is 7.28. The SMILES string of the molecule is Cc1ccc2c(N3CC[C@H](C(NC(=O)O)C(C)C)C3)nc(-c3c(O)cccc3F)nc2c1. The van der Waals surface area contributed by atoms with Crippen LogP contribution in [0.1, 0.15) is 25.8 Å². The number of amides is 1. The summed E-state index contributed by atoms with van der Waals surface area (Å²) < 4.78 is 14.6. The average Bonchev–Trinajstić information content (AvgIpc) is 3.20. The maximum atomic E-state index is 14.6. The van der Waals surface area contributed by atoms with Gasteiger partial charge in [-0.05, 0) is 55.0 Å². The van der Waals surface area contributed by atoms with Crippen molar-refractivity contribution in [1.82, 2.24) is 15.3 Å². The van der Waals surface area contributed by atoms with Crippen molar-refractivity contribution in [3.05, 3.63) is 47.8 Å². The summed E-state index contributed by atoms with van der Waals surface area (Å²) in [5.41, 5.74) is 1.65. The van der Waals surface area contributed by atoms with Crippen LogP contribution in [-0.2, 0) is 0 Å². The number of rotatable bonds is 5. The molecule has 2 atom stereocenters. The number of fused-ring (bicyclic) bond motifs is 1. The third-order valence-electron chi connectivity index (χ3n) is 6.09. The van der Waals surface area contributed by atoms with E-state index in [9.17, 15) is 19.4 Å². The van der Waals surface area contributed by atoms with Crippen LogP contribution < -0.4 is 10.2 Å². The van der Waals surface area contributed by atoms with Gasteiger partial charge in [0.1, 0.15) is 17.4 Å². The number of hydrogen-bond acceptors (Lipinski definition) is 5. The highest BCUT2D eigenvalue weighted by Gasteiger charge is 2.34. The molecule has 2 heterocycles. The Balaban J connectivity index is 1.78. The molecule has 1 amide bonds. The van der Waals surface area contributed by atoms with Gasteiger partial charge in [-0.3, -0.25) is 0 Å². The Morgan fingerprint density at radius 3 is 2.72 bits per heavy atom. The molecular formula is C24H27FN4O3. The van der Waals surface area contributed by atoms with Crippen molar-refractivity contribution >= 4 is 22.8 Å². The van der Waals surface area contributed by atoms with Crippen LogP contribution in [0.25, 0.3) is 22.3 Å². The van der Waals surface area contributed by atoms with Crippen LogP contribution in [0, 0.1) is 24.6 Å². The van der Waals surface area contributed by atoms with Crippen molar-refractivity contribution in [1.29, 1.82) is 0 Å². The Labute approximate surface area is 185 Å². The van der Waals surface area contributed by atoms with E-state index in [1.807, 2.05) is 39.0 Å². The van der Waals surface area contributed by atoms with E-state index in [0.717, 1.165) is 17.4 Å². The fraction of sp³-hybridized carbons (Fsp3) is 0.375. The lowest BCUT2D eigenvalue weighted by molar-refractivity contribution is 0.178. The van der Waals surface area contributed by atoms with Crippen molar-refractivity contribution in [3.8, 4) is 17.1 Å². The lowest BCUT2D eigenvalue weighted by atomic mass is 9.90. The topological polar surface area (TPSA) is 98.6 Å². The van der Waals surface area contributed by atoms with Crippen LogP contribution in [0.15, 0.2) is 36.4 Å². The van der Waals surface area contributed by atoms with E-state index in [2.05, 4.69) is 20.2 Å². The predicted octanol–water partition coefficient (Wildman–Crippen LogP) is 4.57. The molecule has 1 fully saturated rings. The van der Waals surface area contributed by atoms with Crippen LogP contribution in [-0.4, -0.2) is 45.4 Å². The highest BCUT2D eigenvalue weighted by Crippen LogP contribution is 2.36. The van der Waals surface area contributed by atoms with Gasteiger partial charge in [-0.1, -0.05) is 26.0 Å². The van der Waals surface area contributed by atoms with Gasteiger partial charge in [-0.15, -0.1) is 0 Å². The first-order valence-corrected chi connectivity index (χ1v) is 10.7. The number of carboxylic acid groups (broad SMARTS) is 1. The van der Waals surface area contributed by atoms with Crippen LogP contribution >= 0.6 is 0 Å². The molecule has 4 rings (SSSR count). The van der Waals surface area contributed by atoms with E-state index in [1.165, 1.54) is 18.2 Å². The van der Waals surface area contributed by atoms with Crippen molar-refractivity contribution in [3.63, 3.8) is 0 Å². The number of halogens is 1. The third-order valence-corrected chi connectivity index (χ3v) is 6.09. The molecule has 0 bridgehead atoms. The summed E-state index contributed by atoms with van der Waals surface area (Å²) in [6.07, 6.45) is -0.219. The number of aromatic nitrogens is 2. The van der Waals surface area contributed by atoms with E-state index in [1.54, 1.807) is 0 Å². The molecule has 0 saturated carbocycles. The first-order chi connectivity index (χ1) is 15.2. The number of phenolic OH excluding ortho intramolecular Hbond substituents is 1. The van der Waals surface area contributed by atoms with Gasteiger partial charge >= 0.3 is 6.09 Å². The molecule has 0 spiro atoms. The monoisotopic (exact) mass is 438 g/mol. The van der Waals surface area contributed by atoms with Crippen molar-refractivity contribution in [2.24, 2.45) is 11.8 Å². The van der Waals surface area contributed by atoms with Crippen LogP contribution in [0.2, 0.25) is 0 Å². The summed E-state index contributed by atoms with van der Waals surface area (Å²) in [5.74, 6) is 0.244. The minimum atomic E-state index is -1.03. The number of phenols is 1. The molecule has 1 unspecified atom stereocenters. The van der Waals surface area contributed by atoms with Crippen LogP contribution in [0.4, 0.5) is 15.0 Å². The van der Waals surface area contributed by atoms with Gasteiger partial charge in [0.25, 0.3) is 0 Å². The number of anilines is 1. The molecule has 0 aliphatic carbocycles.